The van der Waals surface area contributed by atoms with Crippen molar-refractivity contribution in [2.45, 2.75) is 39.8 Å². The van der Waals surface area contributed by atoms with Crippen LogP contribution in [0.4, 0.5) is 11.4 Å². The van der Waals surface area contributed by atoms with Crippen molar-refractivity contribution in [3.63, 3.8) is 0 Å². The van der Waals surface area contributed by atoms with E-state index in [0.29, 0.717) is 5.56 Å². The van der Waals surface area contributed by atoms with Gasteiger partial charge in [-0.05, 0) is 27.7 Å². The van der Waals surface area contributed by atoms with Crippen LogP contribution in [0.15, 0.2) is 42.5 Å². The summed E-state index contributed by atoms with van der Waals surface area (Å²) >= 11 is 0. The minimum Gasteiger partial charge on any atom is -0.350 e. The van der Waals surface area contributed by atoms with Gasteiger partial charge in [0.2, 0.25) is 0 Å². The number of carbonyl (C=O) groups is 2. The lowest BCUT2D eigenvalue weighted by atomic mass is 9.94. The molecule has 0 unspecified atom stereocenters. The number of aromatic nitrogens is 1. The van der Waals surface area contributed by atoms with Gasteiger partial charge in [-0.1, -0.05) is 30.3 Å². The molecule has 0 fully saturated rings. The van der Waals surface area contributed by atoms with E-state index in [1.165, 1.54) is 0 Å². The van der Waals surface area contributed by atoms with Crippen molar-refractivity contribution in [2.24, 2.45) is 0 Å². The molecule has 2 aromatic carbocycles. The Kier molecular flexibility index (Phi) is 6.85. The quantitative estimate of drug-likeness (QED) is 0.394. The first-order valence-electron chi connectivity index (χ1n) is 10.5. The number of hydrogen-bond donors (Lipinski definition) is 2. The zero-order valence-corrected chi connectivity index (χ0v) is 19.0. The van der Waals surface area contributed by atoms with Crippen LogP contribution in [0.2, 0.25) is 0 Å². The highest BCUT2D eigenvalue weighted by Crippen LogP contribution is 2.37. The van der Waals surface area contributed by atoms with Crippen LogP contribution < -0.4 is 10.6 Å². The van der Waals surface area contributed by atoms with Crippen molar-refractivity contribution < 1.29 is 19.4 Å². The van der Waals surface area contributed by atoms with Crippen LogP contribution in [-0.4, -0.2) is 38.7 Å². The highest BCUT2D eigenvalue weighted by atomic mass is 16.6. The second-order valence-corrected chi connectivity index (χ2v) is 8.21. The second kappa shape index (κ2) is 9.61. The fraction of sp³-hybridized carbons (Fsp3) is 0.261. The molecule has 0 saturated heterocycles. The first-order chi connectivity index (χ1) is 16.0. The normalized spacial score (nSPS) is 11.0. The second-order valence-electron chi connectivity index (χ2n) is 8.21. The Labute approximate surface area is 194 Å². The van der Waals surface area contributed by atoms with Gasteiger partial charge in [-0.15, -0.1) is 0 Å². The van der Waals surface area contributed by atoms with E-state index in [1.54, 1.807) is 58.0 Å². The molecule has 0 aliphatic heterocycles. The van der Waals surface area contributed by atoms with Crippen molar-refractivity contribution in [2.75, 3.05) is 0 Å². The summed E-state index contributed by atoms with van der Waals surface area (Å²) in [4.78, 5) is 52.9. The highest BCUT2D eigenvalue weighted by molar-refractivity contribution is 6.19. The van der Waals surface area contributed by atoms with Crippen molar-refractivity contribution in [3.05, 3.63) is 73.8 Å². The Balaban J connectivity index is 2.58. The smallest absolute Gasteiger partial charge is 0.302 e. The van der Waals surface area contributed by atoms with Crippen molar-refractivity contribution in [3.8, 4) is 11.3 Å². The molecule has 0 aliphatic carbocycles. The van der Waals surface area contributed by atoms with Gasteiger partial charge in [0.15, 0.2) is 0 Å². The number of nitro groups is 2. The third-order valence-corrected chi connectivity index (χ3v) is 4.80. The summed E-state index contributed by atoms with van der Waals surface area (Å²) in [5.74, 6) is -1.34. The number of amides is 2. The standard InChI is InChI=1S/C23H23N5O6/c1-12(2)24-22(29)18-16-10-15(27(31)32)11-17(28(33)34)21(16)26-20(14-8-6-5-7-9-14)19(18)23(30)25-13(3)4/h5-13H,1-4H3,(H,24,29)(H,25,30). The van der Waals surface area contributed by atoms with Crippen LogP contribution in [0.1, 0.15) is 48.4 Å². The number of nitrogens with zero attached hydrogens (tertiary/aromatic N) is 3. The van der Waals surface area contributed by atoms with Crippen LogP contribution in [-0.2, 0) is 0 Å². The van der Waals surface area contributed by atoms with Crippen LogP contribution in [0.5, 0.6) is 0 Å². The monoisotopic (exact) mass is 465 g/mol. The SMILES string of the molecule is CC(C)NC(=O)c1c(-c2ccccc2)nc2c([N+](=O)[O-])cc([N+](=O)[O-])cc2c1C(=O)NC(C)C. The summed E-state index contributed by atoms with van der Waals surface area (Å²) in [7, 11) is 0. The molecule has 3 rings (SSSR count). The molecule has 0 aliphatic rings. The minimum absolute atomic E-state index is 0.0529. The molecule has 176 valence electrons. The Morgan fingerprint density at radius 1 is 0.853 bits per heavy atom. The summed E-state index contributed by atoms with van der Waals surface area (Å²) in [6, 6.07) is 9.64. The molecule has 11 heteroatoms. The fourth-order valence-electron chi connectivity index (χ4n) is 3.51. The lowest BCUT2D eigenvalue weighted by molar-refractivity contribution is -0.393. The first kappa shape index (κ1) is 24.2. The van der Waals surface area contributed by atoms with E-state index in [0.717, 1.165) is 12.1 Å². The zero-order chi connectivity index (χ0) is 25.2. The maximum absolute atomic E-state index is 13.4. The molecule has 1 aromatic heterocycles. The van der Waals surface area contributed by atoms with Crippen molar-refractivity contribution in [1.82, 2.24) is 15.6 Å². The van der Waals surface area contributed by atoms with E-state index in [-0.39, 0.29) is 39.8 Å². The van der Waals surface area contributed by atoms with Crippen LogP contribution in [0, 0.1) is 20.2 Å². The van der Waals surface area contributed by atoms with E-state index in [9.17, 15) is 29.8 Å². The van der Waals surface area contributed by atoms with Crippen molar-refractivity contribution >= 4 is 34.1 Å². The Hall–Kier alpha value is -4.41. The molecule has 0 bridgehead atoms. The Bertz CT molecular complexity index is 1300. The van der Waals surface area contributed by atoms with Gasteiger partial charge in [0.25, 0.3) is 17.5 Å². The summed E-state index contributed by atoms with van der Waals surface area (Å²) in [6.07, 6.45) is 0. The molecule has 3 aromatic rings. The summed E-state index contributed by atoms with van der Waals surface area (Å²) in [6.45, 7) is 6.88. The molecule has 34 heavy (non-hydrogen) atoms. The molecular weight excluding hydrogens is 442 g/mol. The Morgan fingerprint density at radius 2 is 1.41 bits per heavy atom. The van der Waals surface area contributed by atoms with Gasteiger partial charge in [-0.2, -0.15) is 0 Å². The van der Waals surface area contributed by atoms with Gasteiger partial charge in [0.05, 0.1) is 32.7 Å². The van der Waals surface area contributed by atoms with E-state index in [4.69, 9.17) is 0 Å². The Morgan fingerprint density at radius 3 is 1.91 bits per heavy atom. The van der Waals surface area contributed by atoms with Gasteiger partial charge in [0.1, 0.15) is 5.52 Å². The number of rotatable bonds is 7. The third-order valence-electron chi connectivity index (χ3n) is 4.80. The van der Waals surface area contributed by atoms with Crippen molar-refractivity contribution in [1.29, 1.82) is 0 Å². The molecule has 0 atom stereocenters. The first-order valence-corrected chi connectivity index (χ1v) is 10.5. The van der Waals surface area contributed by atoms with Gasteiger partial charge in [0, 0.05) is 29.1 Å². The molecular formula is C23H23N5O6. The summed E-state index contributed by atoms with van der Waals surface area (Å²) < 4.78 is 0. The predicted octanol–water partition coefficient (Wildman–Crippen LogP) is 3.99. The number of nitrogens with one attached hydrogen (secondary N) is 2. The molecule has 2 amide bonds. The summed E-state index contributed by atoms with van der Waals surface area (Å²) in [5, 5.41) is 28.6. The number of carbonyl (C=O) groups excluding carboxylic acids is 2. The average molecular weight is 465 g/mol. The number of benzene rings is 2. The maximum atomic E-state index is 13.4. The third kappa shape index (κ3) is 4.82. The van der Waals surface area contributed by atoms with Gasteiger partial charge in [-0.25, -0.2) is 4.98 Å². The topological polar surface area (TPSA) is 157 Å². The van der Waals surface area contributed by atoms with Gasteiger partial charge < -0.3 is 10.6 Å². The fourth-order valence-corrected chi connectivity index (χ4v) is 3.51. The molecule has 2 N–H and O–H groups in total. The lowest BCUT2D eigenvalue weighted by Gasteiger charge is -2.19. The molecule has 0 spiro atoms. The number of fused-ring (bicyclic) bond motifs is 1. The number of non-ortho nitro benzene ring substituents is 2. The molecule has 0 saturated carbocycles. The molecule has 0 radical (unpaired) electrons. The van der Waals surface area contributed by atoms with Gasteiger partial charge >= 0.3 is 5.69 Å². The zero-order valence-electron chi connectivity index (χ0n) is 19.0. The molecule has 1 heterocycles. The number of nitro benzene ring substituents is 2. The van der Waals surface area contributed by atoms with E-state index in [2.05, 4.69) is 15.6 Å². The van der Waals surface area contributed by atoms with E-state index >= 15 is 0 Å². The highest BCUT2D eigenvalue weighted by Gasteiger charge is 2.31. The average Bonchev–Trinajstić information content (AvgIpc) is 2.76. The van der Waals surface area contributed by atoms with E-state index < -0.39 is 33.0 Å². The van der Waals surface area contributed by atoms with Gasteiger partial charge in [-0.3, -0.25) is 29.8 Å². The van der Waals surface area contributed by atoms with Crippen LogP contribution >= 0.6 is 0 Å². The van der Waals surface area contributed by atoms with Crippen LogP contribution in [0.3, 0.4) is 0 Å². The molecule has 11 nitrogen and oxygen atoms in total. The number of pyridine rings is 1. The maximum Gasteiger partial charge on any atom is 0.302 e. The van der Waals surface area contributed by atoms with Crippen LogP contribution in [0.25, 0.3) is 22.2 Å². The predicted molar refractivity (Wildman–Crippen MR) is 126 cm³/mol. The lowest BCUT2D eigenvalue weighted by Crippen LogP contribution is -2.36. The van der Waals surface area contributed by atoms with E-state index in [1.807, 2.05) is 0 Å². The summed E-state index contributed by atoms with van der Waals surface area (Å²) in [5.41, 5.74) is -1.31. The largest absolute Gasteiger partial charge is 0.350 e. The number of hydrogen-bond acceptors (Lipinski definition) is 7. The minimum atomic E-state index is -0.797.